The van der Waals surface area contributed by atoms with E-state index < -0.39 is 85.0 Å². The van der Waals surface area contributed by atoms with Gasteiger partial charge >= 0.3 is 5.97 Å². The van der Waals surface area contributed by atoms with Crippen LogP contribution in [0, 0.1) is 35.0 Å². The van der Waals surface area contributed by atoms with E-state index in [2.05, 4.69) is 23.2 Å². The molecule has 12 nitrogen and oxygen atoms in total. The number of aliphatic hydroxyl groups excluding tert-OH is 2. The molecule has 0 radical (unpaired) electrons. The van der Waals surface area contributed by atoms with Gasteiger partial charge in [-0.2, -0.15) is 5.26 Å². The normalized spacial score (nSPS) is 34.0. The number of benzene rings is 1. The maximum Gasteiger partial charge on any atom is 0.308 e. The molecular formula is C44H61N3O9. The molecule has 2 aliphatic heterocycles. The molecule has 2 N–H and O–H groups in total. The van der Waals surface area contributed by atoms with E-state index in [4.69, 9.17) is 18.9 Å². The van der Waals surface area contributed by atoms with E-state index in [1.165, 1.54) is 6.08 Å². The molecule has 0 aliphatic carbocycles. The molecule has 0 saturated carbocycles. The largest absolute Gasteiger partial charge is 0.461 e. The highest BCUT2D eigenvalue weighted by Crippen LogP contribution is 2.35. The minimum Gasteiger partial charge on any atom is -0.461 e. The van der Waals surface area contributed by atoms with Crippen LogP contribution in [0.3, 0.4) is 0 Å². The van der Waals surface area contributed by atoms with Gasteiger partial charge in [0.1, 0.15) is 30.5 Å². The van der Waals surface area contributed by atoms with Gasteiger partial charge in [0.2, 0.25) is 0 Å². The number of hydrogen-bond acceptors (Lipinski definition) is 12. The smallest absolute Gasteiger partial charge is 0.308 e. The second kappa shape index (κ2) is 21.6. The van der Waals surface area contributed by atoms with Crippen molar-refractivity contribution in [3.05, 3.63) is 65.9 Å². The van der Waals surface area contributed by atoms with E-state index in [0.717, 1.165) is 42.0 Å². The second-order valence-electron chi connectivity index (χ2n) is 15.8. The molecule has 12 heteroatoms. The lowest BCUT2D eigenvalue weighted by molar-refractivity contribution is -0.309. The van der Waals surface area contributed by atoms with Crippen LogP contribution in [0.1, 0.15) is 78.7 Å². The number of allylic oxidation sites excluding steroid dienone is 3. The quantitative estimate of drug-likeness (QED) is 0.157. The van der Waals surface area contributed by atoms with Crippen LogP contribution in [0.15, 0.2) is 60.3 Å². The summed E-state index contributed by atoms with van der Waals surface area (Å²) in [4.78, 5) is 45.1. The Morgan fingerprint density at radius 2 is 1.84 bits per heavy atom. The number of para-hydroxylation sites is 1. The van der Waals surface area contributed by atoms with Crippen LogP contribution in [0.4, 0.5) is 0 Å². The zero-order valence-electron chi connectivity index (χ0n) is 34.0. The van der Waals surface area contributed by atoms with Crippen molar-refractivity contribution in [2.75, 3.05) is 20.7 Å². The van der Waals surface area contributed by atoms with Gasteiger partial charge in [0, 0.05) is 36.4 Å². The Kier molecular flexibility index (Phi) is 17.3. The molecule has 4 rings (SSSR count). The summed E-state index contributed by atoms with van der Waals surface area (Å²) in [6, 6.07) is 11.9. The van der Waals surface area contributed by atoms with E-state index in [0.29, 0.717) is 18.6 Å². The van der Waals surface area contributed by atoms with Crippen molar-refractivity contribution in [2.24, 2.45) is 23.7 Å². The summed E-state index contributed by atoms with van der Waals surface area (Å²) in [5.74, 6) is -3.48. The van der Waals surface area contributed by atoms with Crippen LogP contribution >= 0.6 is 0 Å². The summed E-state index contributed by atoms with van der Waals surface area (Å²) in [6.07, 6.45) is 3.84. The molecule has 2 aromatic rings. The van der Waals surface area contributed by atoms with E-state index in [9.17, 15) is 29.9 Å². The Bertz CT molecular complexity index is 1710. The molecule has 0 bridgehead atoms. The number of aliphatic hydroxyl groups is 2. The van der Waals surface area contributed by atoms with E-state index in [1.807, 2.05) is 50.3 Å². The number of aromatic nitrogens is 1. The summed E-state index contributed by atoms with van der Waals surface area (Å²) in [5, 5.41) is 34.3. The van der Waals surface area contributed by atoms with Gasteiger partial charge in [0.15, 0.2) is 12.1 Å². The number of fused-ring (bicyclic) bond motifs is 1. The molecule has 1 fully saturated rings. The van der Waals surface area contributed by atoms with Crippen molar-refractivity contribution < 1.29 is 43.5 Å². The van der Waals surface area contributed by atoms with Crippen LogP contribution in [0.5, 0.6) is 0 Å². The lowest BCUT2D eigenvalue weighted by atomic mass is 9.79. The SMILES string of the molecule is CC[C@H]1OC(=O)C[C@@H](O)[C@H](C)[C@@H](O[C@@H]2O[C@H](C)[C@@H](OCCCCc3cnc4ccccc4c3)[C@H](N(C)C)[C@H]2O)[C@@H](CC=O)C[C@@H](C)C(=O)/C=C/C(C)=C/[C@@H]1C#N. The van der Waals surface area contributed by atoms with Gasteiger partial charge in [-0.3, -0.25) is 14.6 Å². The second-order valence-corrected chi connectivity index (χ2v) is 15.8. The van der Waals surface area contributed by atoms with Crippen molar-refractivity contribution in [3.8, 4) is 6.07 Å². The van der Waals surface area contributed by atoms with Crippen LogP contribution in [-0.2, 0) is 39.8 Å². The topological polar surface area (TPSA) is 169 Å². The standard InChI is InChI=1S/C44H61N3O9/c1-8-38-34(25-45)21-27(2)16-17-36(49)28(3)22-33(18-19-48)42(29(4)37(50)24-39(51)55-38)56-44-41(52)40(47(6)7)43(30(5)54-44)53-20-12-11-13-31-23-32-14-9-10-15-35(32)46-26-31/h9-10,14-17,19,21,23,26,28-30,33-34,37-38,40-44,50,52H,8,11-13,18,20,22,24H2,1-7H3/b17-16+,27-21+/t28-,29+,30-,33+,34-,37-,38-,40-,41-,42-,43-,44+/m1/s1. The molecule has 1 aromatic heterocycles. The third-order valence-electron chi connectivity index (χ3n) is 11.2. The van der Waals surface area contributed by atoms with Crippen molar-refractivity contribution in [1.82, 2.24) is 9.88 Å². The molecule has 12 atom stereocenters. The average Bonchev–Trinajstić information content (AvgIpc) is 3.17. The molecule has 0 spiro atoms. The Morgan fingerprint density at radius 3 is 2.54 bits per heavy atom. The van der Waals surface area contributed by atoms with E-state index >= 15 is 0 Å². The van der Waals surface area contributed by atoms with Gasteiger partial charge in [0.05, 0.1) is 42.4 Å². The van der Waals surface area contributed by atoms with Crippen LogP contribution in [-0.4, -0.2) is 108 Å². The third-order valence-corrected chi connectivity index (χ3v) is 11.2. The van der Waals surface area contributed by atoms with Gasteiger partial charge < -0.3 is 38.9 Å². The van der Waals surface area contributed by atoms with Crippen LogP contribution in [0.25, 0.3) is 10.9 Å². The molecule has 1 saturated heterocycles. The van der Waals surface area contributed by atoms with Gasteiger partial charge in [-0.05, 0) is 89.7 Å². The summed E-state index contributed by atoms with van der Waals surface area (Å²) >= 11 is 0. The number of nitrogens with zero attached hydrogens (tertiary/aromatic N) is 3. The molecule has 0 unspecified atom stereocenters. The lowest BCUT2D eigenvalue weighted by Gasteiger charge is -2.48. The van der Waals surface area contributed by atoms with Gasteiger partial charge in [-0.25, -0.2) is 0 Å². The summed E-state index contributed by atoms with van der Waals surface area (Å²) in [7, 11) is 3.70. The summed E-state index contributed by atoms with van der Waals surface area (Å²) in [6.45, 7) is 9.36. The zero-order chi connectivity index (χ0) is 40.9. The number of pyridine rings is 1. The fraction of sp³-hybridized carbons (Fsp3) is 0.614. The number of nitriles is 1. The first-order valence-corrected chi connectivity index (χ1v) is 20.0. The first-order chi connectivity index (χ1) is 26.8. The predicted octanol–water partition coefficient (Wildman–Crippen LogP) is 5.53. The summed E-state index contributed by atoms with van der Waals surface area (Å²) in [5.41, 5.74) is 2.79. The number of likely N-dealkylation sites (N-methyl/N-ethyl adjacent to an activating group) is 1. The van der Waals surface area contributed by atoms with Crippen molar-refractivity contribution >= 4 is 28.9 Å². The minimum atomic E-state index is -1.28. The number of ketones is 1. The highest BCUT2D eigenvalue weighted by Gasteiger charge is 2.48. The van der Waals surface area contributed by atoms with Crippen LogP contribution in [0.2, 0.25) is 0 Å². The molecule has 306 valence electrons. The predicted molar refractivity (Wildman–Crippen MR) is 212 cm³/mol. The van der Waals surface area contributed by atoms with Crippen LogP contribution < -0.4 is 0 Å². The number of ether oxygens (including phenoxy) is 4. The first kappa shape index (κ1) is 44.9. The number of unbranched alkanes of at least 4 members (excludes halogenated alkanes) is 1. The highest BCUT2D eigenvalue weighted by atomic mass is 16.7. The number of aldehydes is 1. The number of cyclic esters (lactones) is 1. The van der Waals surface area contributed by atoms with Crippen molar-refractivity contribution in [3.63, 3.8) is 0 Å². The number of esters is 1. The van der Waals surface area contributed by atoms with E-state index in [1.54, 1.807) is 39.8 Å². The maximum atomic E-state index is 13.3. The number of carbonyl (C=O) groups excluding carboxylic acids is 3. The van der Waals surface area contributed by atoms with Gasteiger partial charge in [-0.15, -0.1) is 0 Å². The molecule has 56 heavy (non-hydrogen) atoms. The monoisotopic (exact) mass is 775 g/mol. The fourth-order valence-electron chi connectivity index (χ4n) is 7.88. The van der Waals surface area contributed by atoms with Crippen molar-refractivity contribution in [1.29, 1.82) is 5.26 Å². The molecule has 0 amide bonds. The maximum absolute atomic E-state index is 13.3. The third kappa shape index (κ3) is 12.1. The lowest BCUT2D eigenvalue weighted by Crippen LogP contribution is -2.64. The summed E-state index contributed by atoms with van der Waals surface area (Å²) < 4.78 is 25.0. The zero-order valence-corrected chi connectivity index (χ0v) is 34.0. The first-order valence-electron chi connectivity index (χ1n) is 20.0. The molecule has 1 aromatic carbocycles. The van der Waals surface area contributed by atoms with Gasteiger partial charge in [-0.1, -0.05) is 56.7 Å². The number of hydrogen-bond donors (Lipinski definition) is 2. The fourth-order valence-corrected chi connectivity index (χ4v) is 7.88. The Balaban J connectivity index is 1.51. The highest BCUT2D eigenvalue weighted by molar-refractivity contribution is 5.91. The number of carbonyl (C=O) groups is 3. The Morgan fingerprint density at radius 1 is 1.09 bits per heavy atom. The minimum absolute atomic E-state index is 0.00464. The molecule has 3 heterocycles. The van der Waals surface area contributed by atoms with Crippen molar-refractivity contribution in [2.45, 2.75) is 129 Å². The number of aryl methyl sites for hydroxylation is 1. The van der Waals surface area contributed by atoms with Gasteiger partial charge in [0.25, 0.3) is 0 Å². The Hall–Kier alpha value is -3.83. The average molecular weight is 776 g/mol. The van der Waals surface area contributed by atoms with E-state index in [-0.39, 0.29) is 18.6 Å². The molecular weight excluding hydrogens is 714 g/mol. The Labute approximate surface area is 331 Å². The number of rotatable bonds is 12. The molecule has 2 aliphatic rings.